The molecule has 190 valence electrons. The van der Waals surface area contributed by atoms with E-state index in [0.717, 1.165) is 16.4 Å². The monoisotopic (exact) mass is 510 g/mol. The van der Waals surface area contributed by atoms with Crippen molar-refractivity contribution < 1.29 is 22.8 Å². The Bertz CT molecular complexity index is 1520. The zero-order valence-electron chi connectivity index (χ0n) is 19.7. The van der Waals surface area contributed by atoms with Gasteiger partial charge in [0.15, 0.2) is 17.2 Å². The van der Waals surface area contributed by atoms with Crippen LogP contribution in [0.5, 0.6) is 0 Å². The standard InChI is InChI=1S/C24H21F3N8O2/c1-3-15-10-16(4-5-17(15)23(37)31-14(2)13-36)32-21-22-30-11-19(35(22)9-7-29-21)18-12-34(8-6-28)33-20(18)24(25,26)27/h4-5,7,9-14H,3,8H2,1-2H3,(H,29,32)(H,31,37). The summed E-state index contributed by atoms with van der Waals surface area (Å²) in [5.74, 6) is -0.0981. The average molecular weight is 510 g/mol. The number of alkyl halides is 3. The molecular formula is C24H21F3N8O2. The van der Waals surface area contributed by atoms with Crippen molar-refractivity contribution in [2.45, 2.75) is 39.0 Å². The number of amides is 1. The number of anilines is 2. The summed E-state index contributed by atoms with van der Waals surface area (Å²) < 4.78 is 43.3. The Morgan fingerprint density at radius 2 is 2.08 bits per heavy atom. The van der Waals surface area contributed by atoms with E-state index >= 15 is 0 Å². The normalized spacial score (nSPS) is 12.2. The predicted octanol–water partition coefficient (Wildman–Crippen LogP) is 3.76. The lowest BCUT2D eigenvalue weighted by atomic mass is 10.0. The van der Waals surface area contributed by atoms with Crippen molar-refractivity contribution in [3.63, 3.8) is 0 Å². The lowest BCUT2D eigenvalue weighted by molar-refractivity contribution is -0.141. The molecule has 4 aromatic rings. The molecule has 4 rings (SSSR count). The second kappa shape index (κ2) is 10.1. The fraction of sp³-hybridized carbons (Fsp3) is 0.250. The van der Waals surface area contributed by atoms with Gasteiger partial charge < -0.3 is 15.4 Å². The van der Waals surface area contributed by atoms with E-state index in [1.807, 2.05) is 6.92 Å². The van der Waals surface area contributed by atoms with Crippen LogP contribution in [0.3, 0.4) is 0 Å². The minimum Gasteiger partial charge on any atom is -0.343 e. The third-order valence-corrected chi connectivity index (χ3v) is 5.52. The molecule has 0 aliphatic heterocycles. The number of aryl methyl sites for hydroxylation is 1. The highest BCUT2D eigenvalue weighted by atomic mass is 19.4. The SMILES string of the molecule is CCc1cc(Nc2nccn3c(-c4cn(CC#N)nc4C(F)(F)F)cnc23)ccc1C(=O)NC(C)C=O. The molecule has 1 aromatic carbocycles. The number of nitriles is 1. The third-order valence-electron chi connectivity index (χ3n) is 5.52. The summed E-state index contributed by atoms with van der Waals surface area (Å²) in [5, 5.41) is 18.1. The van der Waals surface area contributed by atoms with Gasteiger partial charge in [-0.1, -0.05) is 6.92 Å². The Morgan fingerprint density at radius 1 is 1.30 bits per heavy atom. The fourth-order valence-electron chi connectivity index (χ4n) is 3.82. The molecule has 0 saturated carbocycles. The van der Waals surface area contributed by atoms with Gasteiger partial charge in [0.2, 0.25) is 0 Å². The van der Waals surface area contributed by atoms with Crippen LogP contribution in [0, 0.1) is 11.3 Å². The maximum absolute atomic E-state index is 13.7. The van der Waals surface area contributed by atoms with E-state index in [4.69, 9.17) is 5.26 Å². The van der Waals surface area contributed by atoms with E-state index < -0.39 is 17.9 Å². The second-order valence-electron chi connectivity index (χ2n) is 8.11. The number of carbonyl (C=O) groups is 2. The summed E-state index contributed by atoms with van der Waals surface area (Å²) in [6.07, 6.45) is 1.77. The molecule has 0 aliphatic carbocycles. The number of rotatable bonds is 8. The topological polar surface area (TPSA) is 130 Å². The largest absolute Gasteiger partial charge is 0.435 e. The number of aldehydes is 1. The Kier molecular flexibility index (Phi) is 6.92. The molecule has 13 heteroatoms. The molecule has 1 atom stereocenters. The van der Waals surface area contributed by atoms with Crippen molar-refractivity contribution in [3.8, 4) is 17.3 Å². The Hall–Kier alpha value is -4.73. The van der Waals surface area contributed by atoms with Crippen LogP contribution in [-0.4, -0.2) is 42.4 Å². The van der Waals surface area contributed by atoms with Crippen LogP contribution in [0.25, 0.3) is 16.9 Å². The molecule has 10 nitrogen and oxygen atoms in total. The van der Waals surface area contributed by atoms with E-state index in [1.165, 1.54) is 23.0 Å². The molecule has 2 N–H and O–H groups in total. The van der Waals surface area contributed by atoms with Crippen LogP contribution in [0.15, 0.2) is 43.0 Å². The highest BCUT2D eigenvalue weighted by molar-refractivity contribution is 5.97. The highest BCUT2D eigenvalue weighted by Crippen LogP contribution is 2.37. The lowest BCUT2D eigenvalue weighted by Gasteiger charge is -2.13. The van der Waals surface area contributed by atoms with E-state index in [9.17, 15) is 22.8 Å². The van der Waals surface area contributed by atoms with Gasteiger partial charge in [-0.05, 0) is 37.1 Å². The number of benzene rings is 1. The molecule has 37 heavy (non-hydrogen) atoms. The Balaban J connectivity index is 1.70. The van der Waals surface area contributed by atoms with E-state index in [0.29, 0.717) is 24.0 Å². The second-order valence-corrected chi connectivity index (χ2v) is 8.11. The first-order chi connectivity index (χ1) is 17.7. The minimum absolute atomic E-state index is 0.127. The van der Waals surface area contributed by atoms with Crippen molar-refractivity contribution in [1.29, 1.82) is 5.26 Å². The number of aromatic nitrogens is 5. The molecule has 0 saturated heterocycles. The van der Waals surface area contributed by atoms with Crippen molar-refractivity contribution in [2.75, 3.05) is 5.32 Å². The number of hydrogen-bond donors (Lipinski definition) is 2. The molecule has 0 spiro atoms. The van der Waals surface area contributed by atoms with Gasteiger partial charge in [0.05, 0.1) is 29.6 Å². The summed E-state index contributed by atoms with van der Waals surface area (Å²) in [5.41, 5.74) is 0.767. The van der Waals surface area contributed by atoms with Crippen molar-refractivity contribution >= 4 is 29.3 Å². The number of nitrogens with one attached hydrogen (secondary N) is 2. The van der Waals surface area contributed by atoms with Gasteiger partial charge in [0.25, 0.3) is 5.91 Å². The molecule has 1 unspecified atom stereocenters. The zero-order valence-corrected chi connectivity index (χ0v) is 19.7. The van der Waals surface area contributed by atoms with Gasteiger partial charge in [-0.25, -0.2) is 9.97 Å². The summed E-state index contributed by atoms with van der Waals surface area (Å²) in [4.78, 5) is 31.9. The van der Waals surface area contributed by atoms with Crippen LogP contribution in [-0.2, 0) is 23.9 Å². The molecule has 0 radical (unpaired) electrons. The summed E-state index contributed by atoms with van der Waals surface area (Å²) in [6.45, 7) is 3.11. The fourth-order valence-corrected chi connectivity index (χ4v) is 3.82. The molecule has 0 bridgehead atoms. The molecule has 1 amide bonds. The van der Waals surface area contributed by atoms with Gasteiger partial charge in [0, 0.05) is 29.8 Å². The summed E-state index contributed by atoms with van der Waals surface area (Å²) in [6, 6.07) is 6.17. The number of imidazole rings is 1. The van der Waals surface area contributed by atoms with Gasteiger partial charge in [-0.2, -0.15) is 23.5 Å². The van der Waals surface area contributed by atoms with Gasteiger partial charge in [-0.15, -0.1) is 0 Å². The predicted molar refractivity (Wildman–Crippen MR) is 127 cm³/mol. The molecule has 3 heterocycles. The molecule has 0 fully saturated rings. The summed E-state index contributed by atoms with van der Waals surface area (Å²) in [7, 11) is 0. The first-order valence-electron chi connectivity index (χ1n) is 11.2. The Morgan fingerprint density at radius 3 is 2.76 bits per heavy atom. The van der Waals surface area contributed by atoms with E-state index in [-0.39, 0.29) is 35.2 Å². The maximum atomic E-state index is 13.7. The van der Waals surface area contributed by atoms with Crippen molar-refractivity contribution in [3.05, 3.63) is 59.8 Å². The minimum atomic E-state index is -4.73. The van der Waals surface area contributed by atoms with Crippen molar-refractivity contribution in [1.82, 2.24) is 29.5 Å². The van der Waals surface area contributed by atoms with Crippen LogP contribution >= 0.6 is 0 Å². The third kappa shape index (κ3) is 5.13. The quantitative estimate of drug-likeness (QED) is 0.345. The average Bonchev–Trinajstić information content (AvgIpc) is 3.49. The number of nitrogens with zero attached hydrogens (tertiary/aromatic N) is 6. The Labute approximate surface area is 208 Å². The van der Waals surface area contributed by atoms with Crippen LogP contribution in [0.2, 0.25) is 0 Å². The molecule has 3 aromatic heterocycles. The van der Waals surface area contributed by atoms with Gasteiger partial charge >= 0.3 is 6.18 Å². The summed E-state index contributed by atoms with van der Waals surface area (Å²) >= 11 is 0. The van der Waals surface area contributed by atoms with Crippen LogP contribution < -0.4 is 10.6 Å². The van der Waals surface area contributed by atoms with Crippen LogP contribution in [0.4, 0.5) is 24.7 Å². The van der Waals surface area contributed by atoms with Gasteiger partial charge in [0.1, 0.15) is 12.8 Å². The number of halogens is 3. The van der Waals surface area contributed by atoms with E-state index in [2.05, 4.69) is 25.7 Å². The lowest BCUT2D eigenvalue weighted by Crippen LogP contribution is -2.34. The number of carbonyl (C=O) groups excluding carboxylic acids is 2. The molecular weight excluding hydrogens is 489 g/mol. The first-order valence-corrected chi connectivity index (χ1v) is 11.2. The van der Waals surface area contributed by atoms with Crippen LogP contribution in [0.1, 0.15) is 35.5 Å². The highest BCUT2D eigenvalue weighted by Gasteiger charge is 2.38. The van der Waals surface area contributed by atoms with Gasteiger partial charge in [-0.3, -0.25) is 13.9 Å². The first kappa shape index (κ1) is 25.4. The number of hydrogen-bond acceptors (Lipinski definition) is 7. The zero-order chi connectivity index (χ0) is 26.7. The molecule has 0 aliphatic rings. The maximum Gasteiger partial charge on any atom is 0.435 e. The van der Waals surface area contributed by atoms with E-state index in [1.54, 1.807) is 31.2 Å². The number of fused-ring (bicyclic) bond motifs is 1. The van der Waals surface area contributed by atoms with Crippen molar-refractivity contribution in [2.24, 2.45) is 0 Å². The smallest absolute Gasteiger partial charge is 0.343 e.